The van der Waals surface area contributed by atoms with Crippen molar-refractivity contribution in [2.45, 2.75) is 12.5 Å². The van der Waals surface area contributed by atoms with Crippen LogP contribution in [0.25, 0.3) is 10.2 Å². The molecule has 0 bridgehead atoms. The van der Waals surface area contributed by atoms with Crippen molar-refractivity contribution < 1.29 is 5.11 Å². The fourth-order valence-corrected chi connectivity index (χ4v) is 2.74. The van der Waals surface area contributed by atoms with Crippen LogP contribution in [0.3, 0.4) is 0 Å². The van der Waals surface area contributed by atoms with Crippen molar-refractivity contribution in [1.82, 2.24) is 14.9 Å². The van der Waals surface area contributed by atoms with Gasteiger partial charge in [0.2, 0.25) is 0 Å². The van der Waals surface area contributed by atoms with E-state index in [1.807, 2.05) is 37.4 Å². The largest absolute Gasteiger partial charge is 0.387 e. The average Bonchev–Trinajstić information content (AvgIpc) is 2.72. The van der Waals surface area contributed by atoms with Gasteiger partial charge in [-0.15, -0.1) is 11.3 Å². The molecule has 2 rings (SSSR count). The van der Waals surface area contributed by atoms with E-state index in [0.717, 1.165) is 16.0 Å². The maximum Gasteiger partial charge on any atom is 0.147 e. The molecule has 2 aromatic heterocycles. The topological polar surface area (TPSA) is 61.3 Å². The maximum absolute atomic E-state index is 10.2. The van der Waals surface area contributed by atoms with Crippen LogP contribution in [0.15, 0.2) is 17.8 Å². The van der Waals surface area contributed by atoms with Gasteiger partial charge in [0.15, 0.2) is 0 Å². The molecule has 98 valence electrons. The van der Waals surface area contributed by atoms with Gasteiger partial charge in [-0.05, 0) is 32.5 Å². The Hall–Kier alpha value is -1.24. The van der Waals surface area contributed by atoms with E-state index >= 15 is 0 Å². The molecule has 0 aliphatic rings. The molecule has 0 fully saturated rings. The number of aromatic nitrogens is 2. The monoisotopic (exact) mass is 266 g/mol. The van der Waals surface area contributed by atoms with Crippen LogP contribution in [-0.2, 0) is 0 Å². The first-order valence-corrected chi connectivity index (χ1v) is 6.65. The second kappa shape index (κ2) is 5.17. The smallest absolute Gasteiger partial charge is 0.147 e. The van der Waals surface area contributed by atoms with Crippen molar-refractivity contribution in [1.29, 1.82) is 0 Å². The Balaban J connectivity index is 2.08. The van der Waals surface area contributed by atoms with Gasteiger partial charge in [0, 0.05) is 13.1 Å². The normalized spacial score (nSPS) is 14.9. The van der Waals surface area contributed by atoms with Gasteiger partial charge in [-0.2, -0.15) is 0 Å². The van der Waals surface area contributed by atoms with E-state index < -0.39 is 5.60 Å². The molecule has 0 spiro atoms. The molecule has 0 radical (unpaired) electrons. The predicted molar refractivity (Wildman–Crippen MR) is 75.1 cm³/mol. The Bertz CT molecular complexity index is 524. The van der Waals surface area contributed by atoms with Gasteiger partial charge in [0.05, 0.1) is 15.8 Å². The number of thiophene rings is 1. The molecule has 2 heterocycles. The third-order valence-corrected chi connectivity index (χ3v) is 3.45. The fourth-order valence-electron chi connectivity index (χ4n) is 1.93. The zero-order valence-electron chi connectivity index (χ0n) is 10.8. The van der Waals surface area contributed by atoms with Crippen LogP contribution in [-0.4, -0.2) is 52.8 Å². The van der Waals surface area contributed by atoms with Crippen LogP contribution >= 0.6 is 11.3 Å². The van der Waals surface area contributed by atoms with Crippen LogP contribution < -0.4 is 5.32 Å². The molecule has 0 saturated carbocycles. The van der Waals surface area contributed by atoms with Gasteiger partial charge in [0.25, 0.3) is 0 Å². The summed E-state index contributed by atoms with van der Waals surface area (Å²) in [7, 11) is 3.88. The Morgan fingerprint density at radius 3 is 2.94 bits per heavy atom. The SMILES string of the molecule is CN(C)CC(C)(O)CNc1ncnc2ccsc12. The summed E-state index contributed by atoms with van der Waals surface area (Å²) in [6.45, 7) is 2.86. The quantitative estimate of drug-likeness (QED) is 0.857. The van der Waals surface area contributed by atoms with E-state index in [2.05, 4.69) is 15.3 Å². The zero-order valence-corrected chi connectivity index (χ0v) is 11.7. The fraction of sp³-hybridized carbons (Fsp3) is 0.500. The molecule has 0 amide bonds. The first-order chi connectivity index (χ1) is 8.48. The summed E-state index contributed by atoms with van der Waals surface area (Å²) in [4.78, 5) is 10.4. The van der Waals surface area contributed by atoms with Crippen LogP contribution in [0.5, 0.6) is 0 Å². The van der Waals surface area contributed by atoms with Gasteiger partial charge in [-0.3, -0.25) is 0 Å². The molecule has 0 aromatic carbocycles. The number of hydrogen-bond donors (Lipinski definition) is 2. The molecule has 0 saturated heterocycles. The third-order valence-electron chi connectivity index (χ3n) is 2.54. The molecule has 0 aliphatic carbocycles. The van der Waals surface area contributed by atoms with Gasteiger partial charge in [0.1, 0.15) is 12.1 Å². The highest BCUT2D eigenvalue weighted by Crippen LogP contribution is 2.25. The maximum atomic E-state index is 10.2. The van der Waals surface area contributed by atoms with E-state index in [-0.39, 0.29) is 0 Å². The lowest BCUT2D eigenvalue weighted by Gasteiger charge is -2.27. The molecule has 1 atom stereocenters. The number of anilines is 1. The van der Waals surface area contributed by atoms with Crippen molar-refractivity contribution in [2.24, 2.45) is 0 Å². The highest BCUT2D eigenvalue weighted by atomic mass is 32.1. The van der Waals surface area contributed by atoms with E-state index in [4.69, 9.17) is 0 Å². The molecule has 1 unspecified atom stereocenters. The van der Waals surface area contributed by atoms with Crippen molar-refractivity contribution in [3.63, 3.8) is 0 Å². The third kappa shape index (κ3) is 3.16. The second-order valence-corrected chi connectivity index (χ2v) is 5.86. The van der Waals surface area contributed by atoms with Crippen molar-refractivity contribution in [3.05, 3.63) is 17.8 Å². The molecule has 2 N–H and O–H groups in total. The molecule has 18 heavy (non-hydrogen) atoms. The number of aliphatic hydroxyl groups is 1. The number of nitrogens with one attached hydrogen (secondary N) is 1. The summed E-state index contributed by atoms with van der Waals surface area (Å²) in [6, 6.07) is 1.96. The molecule has 2 aromatic rings. The number of rotatable bonds is 5. The lowest BCUT2D eigenvalue weighted by atomic mass is 10.1. The zero-order chi connectivity index (χ0) is 13.2. The molecule has 0 aliphatic heterocycles. The minimum absolute atomic E-state index is 0.454. The van der Waals surface area contributed by atoms with Crippen LogP contribution in [0.1, 0.15) is 6.92 Å². The molecule has 6 heteroatoms. The van der Waals surface area contributed by atoms with E-state index in [1.165, 1.54) is 6.33 Å². The minimum Gasteiger partial charge on any atom is -0.387 e. The highest BCUT2D eigenvalue weighted by Gasteiger charge is 2.21. The van der Waals surface area contributed by atoms with Crippen LogP contribution in [0.2, 0.25) is 0 Å². The standard InChI is InChI=1S/C12H18N4OS/c1-12(17,7-16(2)3)6-13-11-10-9(4-5-18-10)14-8-15-11/h4-5,8,17H,6-7H2,1-3H3,(H,13,14,15). The summed E-state index contributed by atoms with van der Waals surface area (Å²) in [5, 5.41) is 15.4. The summed E-state index contributed by atoms with van der Waals surface area (Å²) in [6.07, 6.45) is 1.54. The number of fused-ring (bicyclic) bond motifs is 1. The van der Waals surface area contributed by atoms with Crippen molar-refractivity contribution >= 4 is 27.4 Å². The van der Waals surface area contributed by atoms with E-state index in [9.17, 15) is 5.11 Å². The first kappa shape index (κ1) is 13.2. The Labute approximate surface area is 110 Å². The lowest BCUT2D eigenvalue weighted by molar-refractivity contribution is 0.0459. The van der Waals surface area contributed by atoms with E-state index in [0.29, 0.717) is 13.1 Å². The van der Waals surface area contributed by atoms with Crippen molar-refractivity contribution in [3.8, 4) is 0 Å². The average molecular weight is 266 g/mol. The van der Waals surface area contributed by atoms with Gasteiger partial charge >= 0.3 is 0 Å². The highest BCUT2D eigenvalue weighted by molar-refractivity contribution is 7.17. The molecular formula is C12H18N4OS. The molecular weight excluding hydrogens is 248 g/mol. The first-order valence-electron chi connectivity index (χ1n) is 5.77. The number of likely N-dealkylation sites (N-methyl/N-ethyl adjacent to an activating group) is 1. The minimum atomic E-state index is -0.794. The lowest BCUT2D eigenvalue weighted by Crippen LogP contribution is -2.43. The van der Waals surface area contributed by atoms with Gasteiger partial charge in [-0.25, -0.2) is 9.97 Å². The van der Waals surface area contributed by atoms with Crippen LogP contribution in [0, 0.1) is 0 Å². The summed E-state index contributed by atoms with van der Waals surface area (Å²) >= 11 is 1.60. The molecule has 5 nitrogen and oxygen atoms in total. The van der Waals surface area contributed by atoms with Gasteiger partial charge in [-0.1, -0.05) is 0 Å². The van der Waals surface area contributed by atoms with Crippen molar-refractivity contribution in [2.75, 3.05) is 32.5 Å². The Morgan fingerprint density at radius 1 is 1.44 bits per heavy atom. The number of hydrogen-bond acceptors (Lipinski definition) is 6. The van der Waals surface area contributed by atoms with Gasteiger partial charge < -0.3 is 15.3 Å². The van der Waals surface area contributed by atoms with E-state index in [1.54, 1.807) is 11.3 Å². The summed E-state index contributed by atoms with van der Waals surface area (Å²) < 4.78 is 1.03. The summed E-state index contributed by atoms with van der Waals surface area (Å²) in [5.41, 5.74) is 0.141. The Morgan fingerprint density at radius 2 is 2.22 bits per heavy atom. The Kier molecular flexibility index (Phi) is 3.79. The number of nitrogens with zero attached hydrogens (tertiary/aromatic N) is 3. The second-order valence-electron chi connectivity index (χ2n) is 4.95. The van der Waals surface area contributed by atoms with Crippen LogP contribution in [0.4, 0.5) is 5.82 Å². The summed E-state index contributed by atoms with van der Waals surface area (Å²) in [5.74, 6) is 0.786. The predicted octanol–water partition coefficient (Wildman–Crippen LogP) is 1.42.